The van der Waals surface area contributed by atoms with Crippen LogP contribution in [0.2, 0.25) is 0 Å². The third-order valence-corrected chi connectivity index (χ3v) is 4.57. The second kappa shape index (κ2) is 10.2. The monoisotopic (exact) mass is 354 g/mol. The van der Waals surface area contributed by atoms with E-state index in [1.807, 2.05) is 18.7 Å². The van der Waals surface area contributed by atoms with Gasteiger partial charge in [-0.3, -0.25) is 4.79 Å². The molecule has 0 aliphatic carbocycles. The molecule has 23 heavy (non-hydrogen) atoms. The molecule has 1 aromatic rings. The highest BCUT2D eigenvalue weighted by Crippen LogP contribution is 2.17. The third kappa shape index (κ3) is 6.19. The van der Waals surface area contributed by atoms with Gasteiger partial charge in [0.1, 0.15) is 4.32 Å². The van der Waals surface area contributed by atoms with Crippen molar-refractivity contribution in [1.82, 2.24) is 4.90 Å². The fraction of sp³-hybridized carbons (Fsp3) is 0.438. The van der Waals surface area contributed by atoms with Gasteiger partial charge in [0.2, 0.25) is 5.91 Å². The van der Waals surface area contributed by atoms with Crippen molar-refractivity contribution in [3.8, 4) is 0 Å². The summed E-state index contributed by atoms with van der Waals surface area (Å²) in [5.74, 6) is -0.456. The van der Waals surface area contributed by atoms with Crippen LogP contribution in [0.25, 0.3) is 0 Å². The van der Waals surface area contributed by atoms with Crippen molar-refractivity contribution < 1.29 is 14.3 Å². The number of benzene rings is 1. The Morgan fingerprint density at radius 2 is 1.87 bits per heavy atom. The number of ether oxygens (including phenoxy) is 1. The topological polar surface area (TPSA) is 58.6 Å². The smallest absolute Gasteiger partial charge is 0.340 e. The quantitative estimate of drug-likeness (QED) is 0.599. The number of thiocarbonyl (C=S) groups is 1. The largest absolute Gasteiger partial charge is 0.462 e. The van der Waals surface area contributed by atoms with Crippen molar-refractivity contribution in [2.75, 3.05) is 30.8 Å². The first-order valence-electron chi connectivity index (χ1n) is 7.51. The van der Waals surface area contributed by atoms with Crippen molar-refractivity contribution in [3.63, 3.8) is 0 Å². The minimum atomic E-state index is -0.449. The molecule has 0 atom stereocenters. The van der Waals surface area contributed by atoms with E-state index in [1.54, 1.807) is 31.2 Å². The van der Waals surface area contributed by atoms with Gasteiger partial charge >= 0.3 is 5.97 Å². The van der Waals surface area contributed by atoms with E-state index in [0.29, 0.717) is 15.6 Å². The number of esters is 1. The van der Waals surface area contributed by atoms with Gasteiger partial charge in [0, 0.05) is 13.1 Å². The molecule has 0 aliphatic rings. The van der Waals surface area contributed by atoms with Crippen molar-refractivity contribution in [2.45, 2.75) is 20.8 Å². The maximum Gasteiger partial charge on any atom is 0.340 e. The minimum absolute atomic E-state index is 0.201. The predicted octanol–water partition coefficient (Wildman–Crippen LogP) is 3.16. The summed E-state index contributed by atoms with van der Waals surface area (Å²) in [6.07, 6.45) is 0. The number of hydrogen-bond donors (Lipinski definition) is 1. The van der Waals surface area contributed by atoms with E-state index in [-0.39, 0.29) is 18.3 Å². The second-order valence-electron chi connectivity index (χ2n) is 4.54. The van der Waals surface area contributed by atoms with Gasteiger partial charge in [-0.2, -0.15) is 0 Å². The van der Waals surface area contributed by atoms with Crippen LogP contribution in [0, 0.1) is 0 Å². The van der Waals surface area contributed by atoms with Crippen molar-refractivity contribution in [1.29, 1.82) is 0 Å². The molecule has 0 aromatic heterocycles. The molecule has 126 valence electrons. The van der Waals surface area contributed by atoms with Crippen molar-refractivity contribution in [2.24, 2.45) is 0 Å². The molecule has 0 bridgehead atoms. The van der Waals surface area contributed by atoms with E-state index in [0.717, 1.165) is 13.1 Å². The fourth-order valence-corrected chi connectivity index (χ4v) is 3.07. The Kier molecular flexibility index (Phi) is 8.65. The van der Waals surface area contributed by atoms with E-state index in [2.05, 4.69) is 5.32 Å². The van der Waals surface area contributed by atoms with Crippen LogP contribution in [-0.2, 0) is 9.53 Å². The zero-order valence-corrected chi connectivity index (χ0v) is 15.3. The standard InChI is InChI=1S/C16H22N2O3S2/c1-4-18(5-2)16(22)23-11-14(19)17-13-10-8-7-9-12(13)15(20)21-6-3/h7-10H,4-6,11H2,1-3H3,(H,17,19). The van der Waals surface area contributed by atoms with Gasteiger partial charge in [0.05, 0.1) is 23.6 Å². The summed E-state index contributed by atoms with van der Waals surface area (Å²) in [5, 5.41) is 2.74. The molecule has 5 nitrogen and oxygen atoms in total. The minimum Gasteiger partial charge on any atom is -0.462 e. The number of thioether (sulfide) groups is 1. The lowest BCUT2D eigenvalue weighted by atomic mass is 10.2. The first-order chi connectivity index (χ1) is 11.0. The maximum absolute atomic E-state index is 12.1. The number of rotatable bonds is 7. The van der Waals surface area contributed by atoms with Crippen LogP contribution in [0.1, 0.15) is 31.1 Å². The lowest BCUT2D eigenvalue weighted by molar-refractivity contribution is -0.113. The molecular formula is C16H22N2O3S2. The number of para-hydroxylation sites is 1. The van der Waals surface area contributed by atoms with Gasteiger partial charge in [0.15, 0.2) is 0 Å². The molecule has 1 amide bonds. The van der Waals surface area contributed by atoms with Gasteiger partial charge in [-0.05, 0) is 32.9 Å². The van der Waals surface area contributed by atoms with Crippen LogP contribution < -0.4 is 5.32 Å². The number of hydrogen-bond acceptors (Lipinski definition) is 5. The Bertz CT molecular complexity index is 560. The predicted molar refractivity (Wildman–Crippen MR) is 99.0 cm³/mol. The summed E-state index contributed by atoms with van der Waals surface area (Å²) < 4.78 is 5.68. The normalized spacial score (nSPS) is 10.0. The average molecular weight is 354 g/mol. The highest BCUT2D eigenvalue weighted by atomic mass is 32.2. The maximum atomic E-state index is 12.1. The highest BCUT2D eigenvalue weighted by molar-refractivity contribution is 8.23. The summed E-state index contributed by atoms with van der Waals surface area (Å²) in [7, 11) is 0. The van der Waals surface area contributed by atoms with Crippen molar-refractivity contribution in [3.05, 3.63) is 29.8 Å². The first-order valence-corrected chi connectivity index (χ1v) is 8.90. The SMILES string of the molecule is CCOC(=O)c1ccccc1NC(=O)CSC(=S)N(CC)CC. The molecule has 0 radical (unpaired) electrons. The lowest BCUT2D eigenvalue weighted by Gasteiger charge is -2.20. The number of nitrogens with zero attached hydrogens (tertiary/aromatic N) is 1. The van der Waals surface area contributed by atoms with Gasteiger partial charge in [-0.25, -0.2) is 4.79 Å². The molecule has 7 heteroatoms. The molecule has 0 fully saturated rings. The van der Waals surface area contributed by atoms with E-state index in [1.165, 1.54) is 11.8 Å². The molecule has 0 unspecified atom stereocenters. The van der Waals surface area contributed by atoms with Crippen LogP contribution in [0.15, 0.2) is 24.3 Å². The van der Waals surface area contributed by atoms with Gasteiger partial charge < -0.3 is 15.0 Å². The Hall–Kier alpha value is -1.60. The number of anilines is 1. The first kappa shape index (κ1) is 19.4. The summed E-state index contributed by atoms with van der Waals surface area (Å²) in [6.45, 7) is 7.70. The zero-order valence-electron chi connectivity index (χ0n) is 13.6. The van der Waals surface area contributed by atoms with E-state index >= 15 is 0 Å². The number of nitrogens with one attached hydrogen (secondary N) is 1. The number of carbonyl (C=O) groups is 2. The van der Waals surface area contributed by atoms with E-state index in [4.69, 9.17) is 17.0 Å². The van der Waals surface area contributed by atoms with Crippen LogP contribution in [0.5, 0.6) is 0 Å². The van der Waals surface area contributed by atoms with Gasteiger partial charge in [-0.1, -0.05) is 36.1 Å². The summed E-state index contributed by atoms with van der Waals surface area (Å²) in [4.78, 5) is 26.0. The Morgan fingerprint density at radius 1 is 1.22 bits per heavy atom. The fourth-order valence-electron chi connectivity index (χ4n) is 1.87. The molecule has 0 spiro atoms. The van der Waals surface area contributed by atoms with Gasteiger partial charge in [-0.15, -0.1) is 0 Å². The molecule has 0 heterocycles. The lowest BCUT2D eigenvalue weighted by Crippen LogP contribution is -2.28. The highest BCUT2D eigenvalue weighted by Gasteiger charge is 2.15. The van der Waals surface area contributed by atoms with Gasteiger partial charge in [0.25, 0.3) is 0 Å². The zero-order chi connectivity index (χ0) is 17.2. The summed E-state index contributed by atoms with van der Waals surface area (Å²) in [5.41, 5.74) is 0.796. The third-order valence-electron chi connectivity index (χ3n) is 3.04. The van der Waals surface area contributed by atoms with Crippen LogP contribution in [0.3, 0.4) is 0 Å². The Balaban J connectivity index is 2.64. The Labute approximate surface area is 146 Å². The Morgan fingerprint density at radius 3 is 2.48 bits per heavy atom. The molecule has 0 saturated heterocycles. The average Bonchev–Trinajstić information content (AvgIpc) is 2.54. The summed E-state index contributed by atoms with van der Waals surface area (Å²) >= 11 is 6.61. The van der Waals surface area contributed by atoms with E-state index < -0.39 is 5.97 Å². The molecule has 1 N–H and O–H groups in total. The van der Waals surface area contributed by atoms with E-state index in [9.17, 15) is 9.59 Å². The molecular weight excluding hydrogens is 332 g/mol. The number of carbonyl (C=O) groups excluding carboxylic acids is 2. The van der Waals surface area contributed by atoms with Crippen LogP contribution in [-0.4, -0.2) is 46.5 Å². The van der Waals surface area contributed by atoms with Crippen LogP contribution in [0.4, 0.5) is 5.69 Å². The molecule has 1 rings (SSSR count). The van der Waals surface area contributed by atoms with Crippen molar-refractivity contribution >= 4 is 45.9 Å². The number of amides is 1. The molecule has 1 aromatic carbocycles. The summed E-state index contributed by atoms with van der Waals surface area (Å²) in [6, 6.07) is 6.79. The second-order valence-corrected chi connectivity index (χ2v) is 6.15. The van der Waals surface area contributed by atoms with Crippen LogP contribution >= 0.6 is 24.0 Å². The molecule has 0 saturated carbocycles. The molecule has 0 aliphatic heterocycles.